The van der Waals surface area contributed by atoms with Crippen molar-refractivity contribution in [3.05, 3.63) is 23.8 Å². The number of hydrogen-bond donors (Lipinski definition) is 2. The molecule has 0 bridgehead atoms. The van der Waals surface area contributed by atoms with Crippen LogP contribution < -0.4 is 4.74 Å². The highest BCUT2D eigenvalue weighted by Gasteiger charge is 2.23. The second-order valence-electron chi connectivity index (χ2n) is 5.43. The van der Waals surface area contributed by atoms with Gasteiger partial charge in [-0.05, 0) is 38.5 Å². The first-order valence-corrected chi connectivity index (χ1v) is 6.06. The fourth-order valence-electron chi connectivity index (χ4n) is 1.75. The lowest BCUT2D eigenvalue weighted by Gasteiger charge is -2.34. The van der Waals surface area contributed by atoms with Gasteiger partial charge in [-0.1, -0.05) is 6.07 Å². The number of aliphatic carboxylic acids is 1. The topological polar surface area (TPSA) is 70.0 Å². The highest BCUT2D eigenvalue weighted by molar-refractivity contribution is 5.69. The molecule has 1 aromatic rings. The van der Waals surface area contributed by atoms with Crippen LogP contribution in [0.3, 0.4) is 0 Å². The number of rotatable bonds is 5. The van der Waals surface area contributed by atoms with Gasteiger partial charge in [0.1, 0.15) is 0 Å². The van der Waals surface area contributed by atoms with Gasteiger partial charge in [-0.25, -0.2) is 0 Å². The third kappa shape index (κ3) is 4.44. The van der Waals surface area contributed by atoms with Gasteiger partial charge >= 0.3 is 5.97 Å². The van der Waals surface area contributed by atoms with E-state index in [0.717, 1.165) is 5.56 Å². The van der Waals surface area contributed by atoms with E-state index in [0.29, 0.717) is 12.3 Å². The number of hydrogen-bond acceptors (Lipinski definition) is 4. The van der Waals surface area contributed by atoms with Crippen LogP contribution in [0.25, 0.3) is 0 Å². The van der Waals surface area contributed by atoms with Crippen LogP contribution in [0, 0.1) is 0 Å². The van der Waals surface area contributed by atoms with Crippen molar-refractivity contribution in [2.75, 3.05) is 13.7 Å². The van der Waals surface area contributed by atoms with Gasteiger partial charge in [0.05, 0.1) is 13.7 Å². The normalized spacial score (nSPS) is 11.6. The summed E-state index contributed by atoms with van der Waals surface area (Å²) in [5, 5.41) is 18.7. The number of phenols is 1. The minimum atomic E-state index is -0.868. The van der Waals surface area contributed by atoms with Gasteiger partial charge in [-0.2, -0.15) is 0 Å². The zero-order valence-corrected chi connectivity index (χ0v) is 11.8. The van der Waals surface area contributed by atoms with Crippen LogP contribution in [0.4, 0.5) is 0 Å². The molecule has 0 atom stereocenters. The SMILES string of the molecule is COc1ccc(CN(CC(=O)O)C(C)(C)C)cc1O. The Balaban J connectivity index is 2.90. The molecule has 2 N–H and O–H groups in total. The molecule has 0 spiro atoms. The molecule has 0 aliphatic rings. The molecule has 0 saturated heterocycles. The van der Waals surface area contributed by atoms with Crippen LogP contribution in [0.5, 0.6) is 11.5 Å². The van der Waals surface area contributed by atoms with Crippen molar-refractivity contribution >= 4 is 5.97 Å². The average Bonchev–Trinajstić information content (AvgIpc) is 2.26. The summed E-state index contributed by atoms with van der Waals surface area (Å²) in [5.41, 5.74) is 0.572. The summed E-state index contributed by atoms with van der Waals surface area (Å²) >= 11 is 0. The average molecular weight is 267 g/mol. The largest absolute Gasteiger partial charge is 0.504 e. The number of nitrogens with zero attached hydrogens (tertiary/aromatic N) is 1. The first-order valence-electron chi connectivity index (χ1n) is 6.06. The summed E-state index contributed by atoms with van der Waals surface area (Å²) in [6, 6.07) is 5.09. The molecule has 106 valence electrons. The third-order valence-corrected chi connectivity index (χ3v) is 2.89. The summed E-state index contributed by atoms with van der Waals surface area (Å²) in [6.07, 6.45) is 0. The van der Waals surface area contributed by atoms with Crippen LogP contribution in [0.2, 0.25) is 0 Å². The standard InChI is InChI=1S/C14H21NO4/c1-14(2,3)15(9-13(17)18)8-10-5-6-12(19-4)11(16)7-10/h5-7,16H,8-9H2,1-4H3,(H,17,18). The van der Waals surface area contributed by atoms with E-state index in [1.807, 2.05) is 31.7 Å². The van der Waals surface area contributed by atoms with Gasteiger partial charge in [0.2, 0.25) is 0 Å². The number of aromatic hydroxyl groups is 1. The van der Waals surface area contributed by atoms with Gasteiger partial charge in [0, 0.05) is 12.1 Å². The smallest absolute Gasteiger partial charge is 0.317 e. The van der Waals surface area contributed by atoms with E-state index in [4.69, 9.17) is 9.84 Å². The van der Waals surface area contributed by atoms with Crippen LogP contribution in [0.1, 0.15) is 26.3 Å². The molecule has 0 radical (unpaired) electrons. The van der Waals surface area contributed by atoms with Gasteiger partial charge in [0.15, 0.2) is 11.5 Å². The lowest BCUT2D eigenvalue weighted by atomic mass is 10.0. The lowest BCUT2D eigenvalue weighted by molar-refractivity contribution is -0.139. The van der Waals surface area contributed by atoms with E-state index < -0.39 is 5.97 Å². The molecule has 5 nitrogen and oxygen atoms in total. The van der Waals surface area contributed by atoms with E-state index >= 15 is 0 Å². The fraction of sp³-hybridized carbons (Fsp3) is 0.500. The maximum atomic E-state index is 10.9. The monoisotopic (exact) mass is 267 g/mol. The lowest BCUT2D eigenvalue weighted by Crippen LogP contribution is -2.43. The van der Waals surface area contributed by atoms with Crippen molar-refractivity contribution in [3.63, 3.8) is 0 Å². The van der Waals surface area contributed by atoms with Gasteiger partial charge < -0.3 is 14.9 Å². The first kappa shape index (κ1) is 15.3. The highest BCUT2D eigenvalue weighted by atomic mass is 16.5. The molecule has 0 aromatic heterocycles. The van der Waals surface area contributed by atoms with Crippen molar-refractivity contribution in [3.8, 4) is 11.5 Å². The Morgan fingerprint density at radius 1 is 1.37 bits per heavy atom. The highest BCUT2D eigenvalue weighted by Crippen LogP contribution is 2.27. The zero-order chi connectivity index (χ0) is 14.6. The molecule has 0 amide bonds. The second-order valence-corrected chi connectivity index (χ2v) is 5.43. The Labute approximate surface area is 113 Å². The summed E-state index contributed by atoms with van der Waals surface area (Å²) in [5.74, 6) is -0.402. The molecule has 0 saturated carbocycles. The van der Waals surface area contributed by atoms with E-state index in [-0.39, 0.29) is 17.8 Å². The molecule has 0 fully saturated rings. The Bertz CT molecular complexity index is 451. The van der Waals surface area contributed by atoms with E-state index in [2.05, 4.69) is 0 Å². The Morgan fingerprint density at radius 2 is 2.00 bits per heavy atom. The molecule has 0 aliphatic heterocycles. The number of carbonyl (C=O) groups is 1. The number of phenolic OH excluding ortho intramolecular Hbond substituents is 1. The quantitative estimate of drug-likeness (QED) is 0.854. The third-order valence-electron chi connectivity index (χ3n) is 2.89. The van der Waals surface area contributed by atoms with Gasteiger partial charge in [-0.3, -0.25) is 9.69 Å². The van der Waals surface area contributed by atoms with Crippen molar-refractivity contribution in [1.82, 2.24) is 4.90 Å². The first-order chi connectivity index (χ1) is 8.74. The Kier molecular flexibility index (Phi) is 4.78. The Morgan fingerprint density at radius 3 is 2.42 bits per heavy atom. The molecule has 19 heavy (non-hydrogen) atoms. The predicted octanol–water partition coefficient (Wildman–Crippen LogP) is 2.09. The Hall–Kier alpha value is -1.75. The minimum Gasteiger partial charge on any atom is -0.504 e. The number of carboxylic acid groups (broad SMARTS) is 1. The van der Waals surface area contributed by atoms with E-state index in [1.165, 1.54) is 7.11 Å². The maximum Gasteiger partial charge on any atom is 0.317 e. The van der Waals surface area contributed by atoms with Crippen molar-refractivity contribution in [2.24, 2.45) is 0 Å². The van der Waals surface area contributed by atoms with Crippen LogP contribution in [-0.2, 0) is 11.3 Å². The van der Waals surface area contributed by atoms with Crippen LogP contribution in [-0.4, -0.2) is 40.3 Å². The maximum absolute atomic E-state index is 10.9. The molecule has 0 heterocycles. The van der Waals surface area contributed by atoms with Crippen LogP contribution >= 0.6 is 0 Å². The molecular weight excluding hydrogens is 246 g/mol. The van der Waals surface area contributed by atoms with Crippen molar-refractivity contribution in [2.45, 2.75) is 32.9 Å². The molecule has 0 unspecified atom stereocenters. The number of carboxylic acids is 1. The molecule has 1 rings (SSSR count). The van der Waals surface area contributed by atoms with E-state index in [9.17, 15) is 9.90 Å². The molecular formula is C14H21NO4. The fourth-order valence-corrected chi connectivity index (χ4v) is 1.75. The van der Waals surface area contributed by atoms with E-state index in [1.54, 1.807) is 12.1 Å². The number of benzene rings is 1. The van der Waals surface area contributed by atoms with Crippen molar-refractivity contribution < 1.29 is 19.7 Å². The van der Waals surface area contributed by atoms with Gasteiger partial charge in [-0.15, -0.1) is 0 Å². The van der Waals surface area contributed by atoms with Gasteiger partial charge in [0.25, 0.3) is 0 Å². The number of ether oxygens (including phenoxy) is 1. The molecule has 5 heteroatoms. The molecule has 1 aromatic carbocycles. The van der Waals surface area contributed by atoms with Crippen molar-refractivity contribution in [1.29, 1.82) is 0 Å². The summed E-state index contributed by atoms with van der Waals surface area (Å²) in [4.78, 5) is 12.7. The summed E-state index contributed by atoms with van der Waals surface area (Å²) in [6.45, 7) is 6.28. The zero-order valence-electron chi connectivity index (χ0n) is 11.8. The minimum absolute atomic E-state index is 0.0453. The summed E-state index contributed by atoms with van der Waals surface area (Å²) in [7, 11) is 1.49. The predicted molar refractivity (Wildman–Crippen MR) is 72.5 cm³/mol. The second kappa shape index (κ2) is 5.93. The summed E-state index contributed by atoms with van der Waals surface area (Å²) < 4.78 is 4.98. The molecule has 0 aliphatic carbocycles. The van der Waals surface area contributed by atoms with Crippen LogP contribution in [0.15, 0.2) is 18.2 Å². The number of methoxy groups -OCH3 is 1.